The average Bonchev–Trinajstić information content (AvgIpc) is 2.89. The molecule has 1 aliphatic rings. The average molecular weight is 243 g/mol. The highest BCUT2D eigenvalue weighted by atomic mass is 16.3. The monoisotopic (exact) mass is 243 g/mol. The van der Waals surface area contributed by atoms with Gasteiger partial charge in [0.25, 0.3) is 0 Å². The van der Waals surface area contributed by atoms with Crippen molar-refractivity contribution in [2.75, 3.05) is 0 Å². The Hall–Kier alpha value is -1.81. The first-order chi connectivity index (χ1) is 8.83. The van der Waals surface area contributed by atoms with Gasteiger partial charge in [0.2, 0.25) is 0 Å². The number of aromatic nitrogens is 2. The Labute approximate surface area is 106 Å². The van der Waals surface area contributed by atoms with Crippen LogP contribution in [0.1, 0.15) is 35.6 Å². The molecule has 1 aromatic heterocycles. The van der Waals surface area contributed by atoms with Crippen LogP contribution < -0.4 is 5.32 Å². The predicted octanol–water partition coefficient (Wildman–Crippen LogP) is 2.28. The highest BCUT2D eigenvalue weighted by Gasteiger charge is 2.19. The molecule has 2 aromatic rings. The maximum Gasteiger partial charge on any atom is 0.115 e. The van der Waals surface area contributed by atoms with E-state index in [9.17, 15) is 5.11 Å². The minimum atomic E-state index is 0.365. The van der Waals surface area contributed by atoms with E-state index >= 15 is 0 Å². The van der Waals surface area contributed by atoms with Crippen LogP contribution in [0.5, 0.6) is 5.75 Å². The number of aryl methyl sites for hydroxylation is 1. The van der Waals surface area contributed by atoms with E-state index in [1.54, 1.807) is 6.07 Å². The number of phenols is 1. The van der Waals surface area contributed by atoms with Crippen molar-refractivity contribution in [1.82, 2.24) is 15.5 Å². The van der Waals surface area contributed by atoms with Gasteiger partial charge in [0.1, 0.15) is 5.75 Å². The molecule has 0 saturated carbocycles. The molecule has 0 amide bonds. The van der Waals surface area contributed by atoms with Crippen molar-refractivity contribution in [3.63, 3.8) is 0 Å². The van der Waals surface area contributed by atoms with Crippen LogP contribution in [-0.2, 0) is 13.0 Å². The molecular weight excluding hydrogens is 226 g/mol. The zero-order valence-corrected chi connectivity index (χ0v) is 10.2. The maximum absolute atomic E-state index is 9.52. The normalized spacial score (nSPS) is 18.6. The number of nitrogens with one attached hydrogen (secondary N) is 2. The summed E-state index contributed by atoms with van der Waals surface area (Å²) in [5.41, 5.74) is 3.76. The maximum atomic E-state index is 9.52. The topological polar surface area (TPSA) is 60.9 Å². The van der Waals surface area contributed by atoms with Gasteiger partial charge in [0.05, 0.1) is 6.20 Å². The summed E-state index contributed by atoms with van der Waals surface area (Å²) in [6, 6.07) is 6.08. The van der Waals surface area contributed by atoms with E-state index in [0.717, 1.165) is 19.4 Å². The van der Waals surface area contributed by atoms with Gasteiger partial charge in [-0.2, -0.15) is 5.10 Å². The summed E-state index contributed by atoms with van der Waals surface area (Å²) in [7, 11) is 0. The van der Waals surface area contributed by atoms with Crippen LogP contribution in [0, 0.1) is 0 Å². The number of hydrogen-bond acceptors (Lipinski definition) is 3. The molecule has 0 aliphatic heterocycles. The fourth-order valence-corrected chi connectivity index (χ4v) is 2.63. The van der Waals surface area contributed by atoms with E-state index < -0.39 is 0 Å². The van der Waals surface area contributed by atoms with E-state index in [-0.39, 0.29) is 0 Å². The second kappa shape index (κ2) is 4.82. The first-order valence-electron chi connectivity index (χ1n) is 6.36. The second-order valence-electron chi connectivity index (χ2n) is 4.82. The Balaban J connectivity index is 1.75. The molecule has 1 atom stereocenters. The van der Waals surface area contributed by atoms with Gasteiger partial charge in [0.15, 0.2) is 0 Å². The van der Waals surface area contributed by atoms with Gasteiger partial charge in [-0.05, 0) is 42.5 Å². The third kappa shape index (κ3) is 2.24. The largest absolute Gasteiger partial charge is 0.508 e. The van der Waals surface area contributed by atoms with Crippen LogP contribution in [0.2, 0.25) is 0 Å². The van der Waals surface area contributed by atoms with Crippen LogP contribution in [0.15, 0.2) is 30.6 Å². The van der Waals surface area contributed by atoms with Crippen molar-refractivity contribution in [2.45, 2.75) is 31.8 Å². The SMILES string of the molecule is Oc1ccc2c(c1)CCCC2NCc1cn[nH]c1. The Kier molecular flexibility index (Phi) is 3.02. The molecule has 3 N–H and O–H groups in total. The number of aromatic amines is 1. The van der Waals surface area contributed by atoms with Crippen LogP contribution >= 0.6 is 0 Å². The summed E-state index contributed by atoms with van der Waals surface area (Å²) in [6.07, 6.45) is 7.13. The van der Waals surface area contributed by atoms with E-state index in [4.69, 9.17) is 0 Å². The summed E-state index contributed by atoms with van der Waals surface area (Å²) in [5, 5.41) is 19.8. The lowest BCUT2D eigenvalue weighted by atomic mass is 9.87. The van der Waals surface area contributed by atoms with Gasteiger partial charge in [-0.15, -0.1) is 0 Å². The number of rotatable bonds is 3. The molecular formula is C14H17N3O. The summed E-state index contributed by atoms with van der Waals surface area (Å²) in [5.74, 6) is 0.365. The van der Waals surface area contributed by atoms with Gasteiger partial charge < -0.3 is 10.4 Å². The van der Waals surface area contributed by atoms with E-state index in [1.165, 1.54) is 23.1 Å². The summed E-state index contributed by atoms with van der Waals surface area (Å²) < 4.78 is 0. The molecule has 0 radical (unpaired) electrons. The first-order valence-corrected chi connectivity index (χ1v) is 6.36. The Morgan fingerprint density at radius 2 is 2.39 bits per heavy atom. The highest BCUT2D eigenvalue weighted by Crippen LogP contribution is 2.31. The Bertz CT molecular complexity index is 522. The standard InChI is InChI=1S/C14H17N3O/c18-12-4-5-13-11(6-12)2-1-3-14(13)15-7-10-8-16-17-9-10/h4-6,8-9,14-15,18H,1-3,7H2,(H,16,17). The van der Waals surface area contributed by atoms with Gasteiger partial charge in [0, 0.05) is 24.3 Å². The van der Waals surface area contributed by atoms with Crippen LogP contribution in [-0.4, -0.2) is 15.3 Å². The summed E-state index contributed by atoms with van der Waals surface area (Å²) in [6.45, 7) is 0.821. The minimum absolute atomic E-state index is 0.365. The van der Waals surface area contributed by atoms with Crippen molar-refractivity contribution in [1.29, 1.82) is 0 Å². The summed E-state index contributed by atoms with van der Waals surface area (Å²) >= 11 is 0. The Morgan fingerprint density at radius 3 is 3.22 bits per heavy atom. The lowest BCUT2D eigenvalue weighted by molar-refractivity contribution is 0.449. The highest BCUT2D eigenvalue weighted by molar-refractivity contribution is 5.38. The smallest absolute Gasteiger partial charge is 0.115 e. The number of aromatic hydroxyl groups is 1. The predicted molar refractivity (Wildman–Crippen MR) is 69.2 cm³/mol. The molecule has 1 heterocycles. The van der Waals surface area contributed by atoms with Crippen molar-refractivity contribution < 1.29 is 5.11 Å². The van der Waals surface area contributed by atoms with Crippen LogP contribution in [0.4, 0.5) is 0 Å². The molecule has 0 saturated heterocycles. The van der Waals surface area contributed by atoms with Crippen molar-refractivity contribution in [2.24, 2.45) is 0 Å². The lowest BCUT2D eigenvalue weighted by Gasteiger charge is -2.26. The van der Waals surface area contributed by atoms with E-state index in [0.29, 0.717) is 11.8 Å². The number of hydrogen-bond donors (Lipinski definition) is 3. The molecule has 1 aliphatic carbocycles. The van der Waals surface area contributed by atoms with Gasteiger partial charge in [-0.3, -0.25) is 5.10 Å². The molecule has 0 spiro atoms. The third-order valence-electron chi connectivity index (χ3n) is 3.55. The quantitative estimate of drug-likeness (QED) is 0.775. The number of nitrogens with zero attached hydrogens (tertiary/aromatic N) is 1. The molecule has 4 nitrogen and oxygen atoms in total. The van der Waals surface area contributed by atoms with Crippen molar-refractivity contribution in [3.05, 3.63) is 47.3 Å². The third-order valence-corrected chi connectivity index (χ3v) is 3.55. The molecule has 18 heavy (non-hydrogen) atoms. The van der Waals surface area contributed by atoms with Crippen molar-refractivity contribution in [3.8, 4) is 5.75 Å². The van der Waals surface area contributed by atoms with Crippen LogP contribution in [0.3, 0.4) is 0 Å². The van der Waals surface area contributed by atoms with Crippen LogP contribution in [0.25, 0.3) is 0 Å². The number of phenolic OH excluding ortho intramolecular Hbond substituents is 1. The molecule has 1 unspecified atom stereocenters. The molecule has 4 heteroatoms. The molecule has 94 valence electrons. The van der Waals surface area contributed by atoms with E-state index in [1.807, 2.05) is 24.5 Å². The fraction of sp³-hybridized carbons (Fsp3) is 0.357. The molecule has 0 bridgehead atoms. The zero-order chi connectivity index (χ0) is 12.4. The first kappa shape index (κ1) is 11.3. The number of benzene rings is 1. The fourth-order valence-electron chi connectivity index (χ4n) is 2.63. The number of fused-ring (bicyclic) bond motifs is 1. The van der Waals surface area contributed by atoms with Gasteiger partial charge in [-0.1, -0.05) is 6.07 Å². The number of H-pyrrole nitrogens is 1. The molecule has 3 rings (SSSR count). The van der Waals surface area contributed by atoms with Gasteiger partial charge in [-0.25, -0.2) is 0 Å². The minimum Gasteiger partial charge on any atom is -0.508 e. The van der Waals surface area contributed by atoms with Gasteiger partial charge >= 0.3 is 0 Å². The molecule has 1 aromatic carbocycles. The summed E-state index contributed by atoms with van der Waals surface area (Å²) in [4.78, 5) is 0. The Morgan fingerprint density at radius 1 is 1.44 bits per heavy atom. The van der Waals surface area contributed by atoms with E-state index in [2.05, 4.69) is 15.5 Å². The molecule has 0 fully saturated rings. The zero-order valence-electron chi connectivity index (χ0n) is 10.2. The lowest BCUT2D eigenvalue weighted by Crippen LogP contribution is -2.24. The second-order valence-corrected chi connectivity index (χ2v) is 4.82. The van der Waals surface area contributed by atoms with Crippen molar-refractivity contribution >= 4 is 0 Å².